The predicted molar refractivity (Wildman–Crippen MR) is 108 cm³/mol. The number of hydrogen-bond donors (Lipinski definition) is 0. The fourth-order valence-corrected chi connectivity index (χ4v) is 3.50. The number of aromatic nitrogens is 4. The zero-order valence-corrected chi connectivity index (χ0v) is 16.6. The van der Waals surface area contributed by atoms with Gasteiger partial charge in [0.15, 0.2) is 5.82 Å². The van der Waals surface area contributed by atoms with Crippen molar-refractivity contribution in [1.29, 1.82) is 0 Å². The summed E-state index contributed by atoms with van der Waals surface area (Å²) in [6.45, 7) is 8.04. The lowest BCUT2D eigenvalue weighted by atomic mass is 10.1. The Morgan fingerprint density at radius 3 is 2.35 bits per heavy atom. The average Bonchev–Trinajstić information content (AvgIpc) is 2.61. The normalized spacial score (nSPS) is 11.1. The van der Waals surface area contributed by atoms with Crippen LogP contribution in [0.3, 0.4) is 0 Å². The van der Waals surface area contributed by atoms with Crippen molar-refractivity contribution >= 4 is 40.1 Å². The van der Waals surface area contributed by atoms with Gasteiger partial charge in [-0.05, 0) is 38.0 Å². The summed E-state index contributed by atoms with van der Waals surface area (Å²) in [6.07, 6.45) is 3.61. The van der Waals surface area contributed by atoms with Crippen LogP contribution in [0.4, 0.5) is 5.82 Å². The molecule has 2 heterocycles. The van der Waals surface area contributed by atoms with Crippen LogP contribution in [0.2, 0.25) is 10.0 Å². The Bertz CT molecular complexity index is 923. The van der Waals surface area contributed by atoms with Crippen LogP contribution in [0.1, 0.15) is 32.5 Å². The zero-order chi connectivity index (χ0) is 18.7. The van der Waals surface area contributed by atoms with E-state index in [0.29, 0.717) is 27.1 Å². The highest BCUT2D eigenvalue weighted by Gasteiger charge is 2.18. The van der Waals surface area contributed by atoms with Crippen LogP contribution in [-0.2, 0) is 0 Å². The first-order valence-electron chi connectivity index (χ1n) is 8.74. The summed E-state index contributed by atoms with van der Waals surface area (Å²) in [5, 5.41) is 1.12. The minimum absolute atomic E-state index is 0.536. The van der Waals surface area contributed by atoms with Gasteiger partial charge in [0.25, 0.3) is 0 Å². The fourth-order valence-electron chi connectivity index (χ4n) is 3.00. The molecular weight excluding hydrogens is 369 g/mol. The maximum absolute atomic E-state index is 6.41. The van der Waals surface area contributed by atoms with E-state index in [0.717, 1.165) is 42.8 Å². The number of hydrogen-bond acceptors (Lipinski definition) is 5. The summed E-state index contributed by atoms with van der Waals surface area (Å²) in [4.78, 5) is 20.5. The fraction of sp³-hybridized carbons (Fsp3) is 0.368. The first-order valence-corrected chi connectivity index (χ1v) is 9.50. The molecule has 0 amide bonds. The second kappa shape index (κ2) is 8.14. The number of aryl methyl sites for hydroxylation is 1. The molecule has 0 aliphatic heterocycles. The quantitative estimate of drug-likeness (QED) is 0.570. The maximum Gasteiger partial charge on any atom is 0.159 e. The van der Waals surface area contributed by atoms with Gasteiger partial charge < -0.3 is 4.90 Å². The van der Waals surface area contributed by atoms with E-state index >= 15 is 0 Å². The number of anilines is 1. The van der Waals surface area contributed by atoms with E-state index in [4.69, 9.17) is 23.2 Å². The standard InChI is InChI=1S/C19H21Cl2N5/c1-4-8-26(9-5-2)19-18-17(24-12(3)25-19)16(22-11-23-18)14-7-6-13(20)10-15(14)21/h6-7,10-11H,4-5,8-9H2,1-3H3. The van der Waals surface area contributed by atoms with E-state index in [1.165, 1.54) is 0 Å². The highest BCUT2D eigenvalue weighted by atomic mass is 35.5. The van der Waals surface area contributed by atoms with Crippen molar-refractivity contribution < 1.29 is 0 Å². The minimum Gasteiger partial charge on any atom is -0.355 e. The predicted octanol–water partition coefficient (Wildman–Crippen LogP) is 5.33. The summed E-state index contributed by atoms with van der Waals surface area (Å²) >= 11 is 12.4. The monoisotopic (exact) mass is 389 g/mol. The first kappa shape index (κ1) is 18.8. The Morgan fingerprint density at radius 2 is 1.69 bits per heavy atom. The Kier molecular flexibility index (Phi) is 5.89. The summed E-state index contributed by atoms with van der Waals surface area (Å²) in [6, 6.07) is 5.37. The van der Waals surface area contributed by atoms with E-state index in [2.05, 4.69) is 38.7 Å². The Morgan fingerprint density at radius 1 is 0.962 bits per heavy atom. The molecule has 0 spiro atoms. The van der Waals surface area contributed by atoms with Gasteiger partial charge in [-0.25, -0.2) is 19.9 Å². The molecule has 0 fully saturated rings. The molecule has 0 radical (unpaired) electrons. The van der Waals surface area contributed by atoms with Gasteiger partial charge in [0.05, 0.1) is 5.02 Å². The van der Waals surface area contributed by atoms with E-state index in [1.54, 1.807) is 18.5 Å². The van der Waals surface area contributed by atoms with Crippen LogP contribution in [0.25, 0.3) is 22.3 Å². The molecule has 136 valence electrons. The van der Waals surface area contributed by atoms with Crippen LogP contribution in [-0.4, -0.2) is 33.0 Å². The lowest BCUT2D eigenvalue weighted by molar-refractivity contribution is 0.733. The zero-order valence-electron chi connectivity index (χ0n) is 15.1. The van der Waals surface area contributed by atoms with Crippen molar-refractivity contribution in [3.8, 4) is 11.3 Å². The topological polar surface area (TPSA) is 54.8 Å². The van der Waals surface area contributed by atoms with E-state index in [1.807, 2.05) is 13.0 Å². The highest BCUT2D eigenvalue weighted by Crippen LogP contribution is 2.34. The van der Waals surface area contributed by atoms with Crippen LogP contribution >= 0.6 is 23.2 Å². The molecule has 0 atom stereocenters. The van der Waals surface area contributed by atoms with Gasteiger partial charge in [0.2, 0.25) is 0 Å². The van der Waals surface area contributed by atoms with Gasteiger partial charge in [0, 0.05) is 23.7 Å². The molecule has 3 rings (SSSR count). The lowest BCUT2D eigenvalue weighted by Gasteiger charge is -2.24. The molecule has 2 aromatic heterocycles. The number of fused-ring (bicyclic) bond motifs is 1. The number of halogens is 2. The number of nitrogens with zero attached hydrogens (tertiary/aromatic N) is 5. The molecule has 0 unspecified atom stereocenters. The van der Waals surface area contributed by atoms with E-state index in [-0.39, 0.29) is 0 Å². The molecule has 0 bridgehead atoms. The summed E-state index contributed by atoms with van der Waals surface area (Å²) in [5.74, 6) is 1.54. The molecule has 26 heavy (non-hydrogen) atoms. The highest BCUT2D eigenvalue weighted by molar-refractivity contribution is 6.36. The van der Waals surface area contributed by atoms with Crippen molar-refractivity contribution in [2.24, 2.45) is 0 Å². The summed E-state index contributed by atoms with van der Waals surface area (Å²) < 4.78 is 0. The number of rotatable bonds is 6. The minimum atomic E-state index is 0.536. The van der Waals surface area contributed by atoms with Gasteiger partial charge in [-0.15, -0.1) is 0 Å². The largest absolute Gasteiger partial charge is 0.355 e. The molecule has 0 saturated carbocycles. The second-order valence-corrected chi connectivity index (χ2v) is 6.97. The van der Waals surface area contributed by atoms with Crippen molar-refractivity contribution in [2.45, 2.75) is 33.6 Å². The molecule has 0 aliphatic carbocycles. The third-order valence-corrected chi connectivity index (χ3v) is 4.60. The van der Waals surface area contributed by atoms with Crippen LogP contribution in [0, 0.1) is 6.92 Å². The van der Waals surface area contributed by atoms with Crippen LogP contribution < -0.4 is 4.90 Å². The van der Waals surface area contributed by atoms with Crippen LogP contribution in [0.15, 0.2) is 24.5 Å². The number of benzene rings is 1. The summed E-state index contributed by atoms with van der Waals surface area (Å²) in [7, 11) is 0. The average molecular weight is 390 g/mol. The molecule has 0 N–H and O–H groups in total. The van der Waals surface area contributed by atoms with Crippen molar-refractivity contribution in [2.75, 3.05) is 18.0 Å². The molecule has 7 heteroatoms. The van der Waals surface area contributed by atoms with Crippen molar-refractivity contribution in [3.63, 3.8) is 0 Å². The SMILES string of the molecule is CCCN(CCC)c1nc(C)nc2c(-c3ccc(Cl)cc3Cl)ncnc12. The third-order valence-electron chi connectivity index (χ3n) is 4.05. The van der Waals surface area contributed by atoms with Gasteiger partial charge in [0.1, 0.15) is 28.9 Å². The van der Waals surface area contributed by atoms with E-state index < -0.39 is 0 Å². The maximum atomic E-state index is 6.41. The smallest absolute Gasteiger partial charge is 0.159 e. The van der Waals surface area contributed by atoms with Crippen LogP contribution in [0.5, 0.6) is 0 Å². The van der Waals surface area contributed by atoms with Gasteiger partial charge in [-0.3, -0.25) is 0 Å². The Hall–Kier alpha value is -1.98. The molecule has 5 nitrogen and oxygen atoms in total. The van der Waals surface area contributed by atoms with Crippen molar-refractivity contribution in [3.05, 3.63) is 40.4 Å². The Labute approximate surface area is 163 Å². The van der Waals surface area contributed by atoms with Crippen molar-refractivity contribution in [1.82, 2.24) is 19.9 Å². The molecule has 0 saturated heterocycles. The Balaban J connectivity index is 2.25. The molecule has 3 aromatic rings. The molecule has 0 aliphatic rings. The molecule has 1 aromatic carbocycles. The van der Waals surface area contributed by atoms with Gasteiger partial charge >= 0.3 is 0 Å². The van der Waals surface area contributed by atoms with Gasteiger partial charge in [-0.2, -0.15) is 0 Å². The van der Waals surface area contributed by atoms with E-state index in [9.17, 15) is 0 Å². The first-order chi connectivity index (χ1) is 12.5. The van der Waals surface area contributed by atoms with Gasteiger partial charge in [-0.1, -0.05) is 37.0 Å². The lowest BCUT2D eigenvalue weighted by Crippen LogP contribution is -2.26. The third kappa shape index (κ3) is 3.74. The second-order valence-electron chi connectivity index (χ2n) is 6.13. The summed E-state index contributed by atoms with van der Waals surface area (Å²) in [5.41, 5.74) is 2.92. The molecular formula is C19H21Cl2N5.